The maximum absolute atomic E-state index is 13.8. The molecule has 0 saturated carbocycles. The Balaban J connectivity index is 2.47. The highest BCUT2D eigenvalue weighted by Gasteiger charge is 2.33. The van der Waals surface area contributed by atoms with E-state index in [2.05, 4.69) is 10.6 Å². The van der Waals surface area contributed by atoms with Crippen LogP contribution in [-0.2, 0) is 10.0 Å². The molecule has 0 aromatic heterocycles. The summed E-state index contributed by atoms with van der Waals surface area (Å²) in [5.74, 6) is -12.2. The molecule has 13 heteroatoms. The van der Waals surface area contributed by atoms with E-state index < -0.39 is 50.0 Å². The molecule has 0 radical (unpaired) electrons. The third-order valence-corrected chi connectivity index (χ3v) is 4.88. The molecule has 2 rings (SSSR count). The molecule has 29 heavy (non-hydrogen) atoms. The van der Waals surface area contributed by atoms with Crippen molar-refractivity contribution in [3.8, 4) is 5.75 Å². The highest BCUT2D eigenvalue weighted by atomic mass is 32.2. The minimum Gasteiger partial charge on any atom is -0.495 e. The SMILES string of the molecule is CCNC(=O)Nc1cc(NS(=O)(=O)c2c(F)c(F)c(F)c(F)c2F)ccc1OC. The van der Waals surface area contributed by atoms with Gasteiger partial charge in [-0.3, -0.25) is 4.72 Å². The molecule has 0 aliphatic rings. The van der Waals surface area contributed by atoms with E-state index >= 15 is 0 Å². The number of carbonyl (C=O) groups is 1. The lowest BCUT2D eigenvalue weighted by molar-refractivity contribution is 0.252. The van der Waals surface area contributed by atoms with Crippen LogP contribution < -0.4 is 20.1 Å². The smallest absolute Gasteiger partial charge is 0.319 e. The van der Waals surface area contributed by atoms with Gasteiger partial charge in [-0.1, -0.05) is 0 Å². The van der Waals surface area contributed by atoms with Gasteiger partial charge in [0.05, 0.1) is 18.5 Å². The van der Waals surface area contributed by atoms with E-state index in [0.29, 0.717) is 0 Å². The van der Waals surface area contributed by atoms with Gasteiger partial charge in [-0.15, -0.1) is 0 Å². The molecular weight excluding hydrogens is 425 g/mol. The van der Waals surface area contributed by atoms with Gasteiger partial charge in [-0.2, -0.15) is 0 Å². The van der Waals surface area contributed by atoms with Gasteiger partial charge in [0, 0.05) is 6.54 Å². The van der Waals surface area contributed by atoms with Crippen molar-refractivity contribution < 1.29 is 39.9 Å². The number of nitrogens with one attached hydrogen (secondary N) is 3. The fraction of sp³-hybridized carbons (Fsp3) is 0.188. The second-order valence-corrected chi connectivity index (χ2v) is 7.02. The minimum atomic E-state index is -5.23. The quantitative estimate of drug-likeness (QED) is 0.366. The Morgan fingerprint density at radius 3 is 2.07 bits per heavy atom. The van der Waals surface area contributed by atoms with Crippen molar-refractivity contribution in [2.24, 2.45) is 0 Å². The van der Waals surface area contributed by atoms with Crippen molar-refractivity contribution in [3.63, 3.8) is 0 Å². The maximum atomic E-state index is 13.8. The van der Waals surface area contributed by atoms with Crippen molar-refractivity contribution in [1.82, 2.24) is 5.32 Å². The van der Waals surface area contributed by atoms with Crippen LogP contribution in [0.15, 0.2) is 23.1 Å². The van der Waals surface area contributed by atoms with Gasteiger partial charge in [-0.25, -0.2) is 35.2 Å². The largest absolute Gasteiger partial charge is 0.495 e. The monoisotopic (exact) mass is 439 g/mol. The zero-order valence-electron chi connectivity index (χ0n) is 14.9. The van der Waals surface area contributed by atoms with Crippen molar-refractivity contribution in [1.29, 1.82) is 0 Å². The lowest BCUT2D eigenvalue weighted by Crippen LogP contribution is -2.28. The predicted molar refractivity (Wildman–Crippen MR) is 92.7 cm³/mol. The summed E-state index contributed by atoms with van der Waals surface area (Å²) in [5.41, 5.74) is -0.377. The Bertz CT molecular complexity index is 1030. The molecule has 2 aromatic carbocycles. The van der Waals surface area contributed by atoms with Crippen LogP contribution in [0.3, 0.4) is 0 Å². The normalized spacial score (nSPS) is 11.1. The minimum absolute atomic E-state index is 0.0314. The molecule has 0 bridgehead atoms. The Hall–Kier alpha value is -3.09. The van der Waals surface area contributed by atoms with E-state index in [4.69, 9.17) is 4.74 Å². The molecule has 3 N–H and O–H groups in total. The molecule has 0 unspecified atom stereocenters. The molecule has 0 atom stereocenters. The molecule has 2 amide bonds. The Labute approximate surface area is 161 Å². The van der Waals surface area contributed by atoms with E-state index in [0.717, 1.165) is 12.1 Å². The molecule has 0 aliphatic heterocycles. The number of urea groups is 1. The van der Waals surface area contributed by atoms with Gasteiger partial charge in [0.2, 0.25) is 5.82 Å². The van der Waals surface area contributed by atoms with Gasteiger partial charge >= 0.3 is 6.03 Å². The average Bonchev–Trinajstić information content (AvgIpc) is 2.65. The van der Waals surface area contributed by atoms with Gasteiger partial charge in [0.1, 0.15) is 5.75 Å². The first-order valence-corrected chi connectivity index (χ1v) is 9.28. The van der Waals surface area contributed by atoms with Gasteiger partial charge < -0.3 is 15.4 Å². The standard InChI is InChI=1S/C16H14F5N3O4S/c1-3-22-16(25)23-8-6-7(4-5-9(8)28-2)24-29(26,27)15-13(20)11(18)10(17)12(19)14(15)21/h4-6,24H,3H2,1-2H3,(H2,22,23,25). The number of hydrogen-bond acceptors (Lipinski definition) is 4. The third kappa shape index (κ3) is 4.50. The molecule has 0 spiro atoms. The highest BCUT2D eigenvalue weighted by Crippen LogP contribution is 2.31. The number of amides is 2. The molecule has 0 fully saturated rings. The molecule has 2 aromatic rings. The number of sulfonamides is 1. The summed E-state index contributed by atoms with van der Waals surface area (Å²) >= 11 is 0. The van der Waals surface area contributed by atoms with Crippen molar-refractivity contribution >= 4 is 27.4 Å². The topological polar surface area (TPSA) is 96.5 Å². The van der Waals surface area contributed by atoms with Crippen LogP contribution in [0.4, 0.5) is 38.1 Å². The molecule has 158 valence electrons. The molecule has 7 nitrogen and oxygen atoms in total. The number of ether oxygens (including phenoxy) is 1. The number of halogens is 5. The number of methoxy groups -OCH3 is 1. The van der Waals surface area contributed by atoms with Crippen LogP contribution in [0.5, 0.6) is 5.75 Å². The fourth-order valence-corrected chi connectivity index (χ4v) is 3.41. The number of rotatable bonds is 6. The Morgan fingerprint density at radius 1 is 1.00 bits per heavy atom. The van der Waals surface area contributed by atoms with Crippen molar-refractivity contribution in [3.05, 3.63) is 47.3 Å². The Kier molecular flexibility index (Phi) is 6.51. The first kappa shape index (κ1) is 22.2. The highest BCUT2D eigenvalue weighted by molar-refractivity contribution is 7.92. The lowest BCUT2D eigenvalue weighted by Gasteiger charge is -2.14. The van der Waals surface area contributed by atoms with Crippen LogP contribution in [0, 0.1) is 29.1 Å². The number of benzene rings is 2. The molecular formula is C16H14F5N3O4S. The molecule has 0 heterocycles. The van der Waals surface area contributed by atoms with Crippen LogP contribution in [-0.4, -0.2) is 28.1 Å². The second-order valence-electron chi connectivity index (χ2n) is 5.40. The zero-order valence-corrected chi connectivity index (χ0v) is 15.7. The summed E-state index contributed by atoms with van der Waals surface area (Å²) in [6.45, 7) is 1.92. The van der Waals surface area contributed by atoms with Gasteiger partial charge in [-0.05, 0) is 25.1 Å². The first-order valence-electron chi connectivity index (χ1n) is 7.80. The lowest BCUT2D eigenvalue weighted by atomic mass is 10.2. The fourth-order valence-electron chi connectivity index (χ4n) is 2.22. The van der Waals surface area contributed by atoms with Crippen molar-refractivity contribution in [2.75, 3.05) is 23.7 Å². The summed E-state index contributed by atoms with van der Waals surface area (Å²) < 4.78 is 98.7. The number of hydrogen-bond donors (Lipinski definition) is 3. The third-order valence-electron chi connectivity index (χ3n) is 3.48. The van der Waals surface area contributed by atoms with Crippen molar-refractivity contribution in [2.45, 2.75) is 11.8 Å². The predicted octanol–water partition coefficient (Wildman–Crippen LogP) is 3.33. The first-order chi connectivity index (χ1) is 13.5. The van der Waals surface area contributed by atoms with Gasteiger partial charge in [0.25, 0.3) is 10.0 Å². The number of carbonyl (C=O) groups excluding carboxylic acids is 1. The van der Waals surface area contributed by atoms with Crippen LogP contribution in [0.25, 0.3) is 0 Å². The van der Waals surface area contributed by atoms with E-state index in [1.807, 2.05) is 0 Å². The summed E-state index contributed by atoms with van der Waals surface area (Å²) in [4.78, 5) is 9.62. The second kappa shape index (κ2) is 8.51. The summed E-state index contributed by atoms with van der Waals surface area (Å²) in [7, 11) is -3.97. The van der Waals surface area contributed by atoms with Gasteiger partial charge in [0.15, 0.2) is 28.2 Å². The van der Waals surface area contributed by atoms with Crippen LogP contribution in [0.2, 0.25) is 0 Å². The summed E-state index contributed by atoms with van der Waals surface area (Å²) in [6, 6.07) is 2.66. The van der Waals surface area contributed by atoms with E-state index in [1.165, 1.54) is 13.2 Å². The summed E-state index contributed by atoms with van der Waals surface area (Å²) in [6.07, 6.45) is 0. The van der Waals surface area contributed by atoms with E-state index in [1.54, 1.807) is 11.6 Å². The average molecular weight is 439 g/mol. The zero-order chi connectivity index (χ0) is 21.9. The maximum Gasteiger partial charge on any atom is 0.319 e. The van der Waals surface area contributed by atoms with E-state index in [9.17, 15) is 35.2 Å². The number of anilines is 2. The van der Waals surface area contributed by atoms with Crippen LogP contribution in [0.1, 0.15) is 6.92 Å². The molecule has 0 saturated heterocycles. The van der Waals surface area contributed by atoms with E-state index in [-0.39, 0.29) is 23.7 Å². The molecule has 0 aliphatic carbocycles. The van der Waals surface area contributed by atoms with Crippen LogP contribution >= 0.6 is 0 Å². The Morgan fingerprint density at radius 2 is 1.55 bits per heavy atom. The summed E-state index contributed by atoms with van der Waals surface area (Å²) in [5, 5.41) is 4.76.